The van der Waals surface area contributed by atoms with Crippen LogP contribution < -0.4 is 14.8 Å². The van der Waals surface area contributed by atoms with Crippen molar-refractivity contribution in [2.75, 3.05) is 33.3 Å². The number of hydrogen-bond donors (Lipinski definition) is 1. The van der Waals surface area contributed by atoms with Crippen LogP contribution in [0.15, 0.2) is 29.3 Å². The van der Waals surface area contributed by atoms with E-state index >= 15 is 0 Å². The van der Waals surface area contributed by atoms with Gasteiger partial charge in [-0.2, -0.15) is 0 Å². The van der Waals surface area contributed by atoms with E-state index in [4.69, 9.17) is 9.47 Å². The highest BCUT2D eigenvalue weighted by atomic mass is 127. The Morgan fingerprint density at radius 2 is 2.13 bits per heavy atom. The number of nitrogens with one attached hydrogen (secondary N) is 1. The normalized spacial score (nSPS) is 23.9. The lowest BCUT2D eigenvalue weighted by Gasteiger charge is -2.34. The first-order valence-corrected chi connectivity index (χ1v) is 8.10. The average molecular weight is 431 g/mol. The Bertz CT molecular complexity index is 538. The van der Waals surface area contributed by atoms with E-state index in [9.17, 15) is 0 Å². The van der Waals surface area contributed by atoms with Crippen molar-refractivity contribution in [3.05, 3.63) is 24.3 Å². The van der Waals surface area contributed by atoms with Crippen molar-refractivity contribution < 1.29 is 9.47 Å². The van der Waals surface area contributed by atoms with E-state index in [-0.39, 0.29) is 30.1 Å². The van der Waals surface area contributed by atoms with Crippen molar-refractivity contribution in [3.63, 3.8) is 0 Å². The summed E-state index contributed by atoms with van der Waals surface area (Å²) in [7, 11) is 1.84. The van der Waals surface area contributed by atoms with Gasteiger partial charge in [0.05, 0.1) is 6.54 Å². The number of likely N-dealkylation sites (tertiary alicyclic amines) is 1. The van der Waals surface area contributed by atoms with Crippen molar-refractivity contribution in [3.8, 4) is 11.5 Å². The van der Waals surface area contributed by atoms with Crippen molar-refractivity contribution in [2.24, 2.45) is 10.9 Å². The number of halogens is 1. The van der Waals surface area contributed by atoms with E-state index in [1.165, 1.54) is 12.8 Å². The van der Waals surface area contributed by atoms with Gasteiger partial charge >= 0.3 is 0 Å². The molecule has 2 heterocycles. The molecule has 0 aromatic heterocycles. The quantitative estimate of drug-likeness (QED) is 0.445. The van der Waals surface area contributed by atoms with Crippen molar-refractivity contribution in [1.82, 2.24) is 10.2 Å². The Morgan fingerprint density at radius 3 is 2.87 bits per heavy atom. The maximum absolute atomic E-state index is 5.97. The molecule has 0 aliphatic carbocycles. The fourth-order valence-corrected chi connectivity index (χ4v) is 3.08. The molecular formula is C17H26IN3O2. The number of fused-ring (bicyclic) bond motifs is 1. The topological polar surface area (TPSA) is 46.1 Å². The summed E-state index contributed by atoms with van der Waals surface area (Å²) in [5.41, 5.74) is 0. The molecule has 6 heteroatoms. The van der Waals surface area contributed by atoms with E-state index in [0.29, 0.717) is 13.2 Å². The number of aliphatic imine (C=N–C) groups is 1. The van der Waals surface area contributed by atoms with Gasteiger partial charge in [0.1, 0.15) is 12.7 Å². The summed E-state index contributed by atoms with van der Waals surface area (Å²) in [4.78, 5) is 6.75. The maximum atomic E-state index is 5.97. The lowest BCUT2D eigenvalue weighted by Crippen LogP contribution is -2.49. The average Bonchev–Trinajstić information content (AvgIpc) is 2.55. The highest BCUT2D eigenvalue weighted by molar-refractivity contribution is 14.0. The van der Waals surface area contributed by atoms with Gasteiger partial charge in [-0.1, -0.05) is 19.1 Å². The molecule has 128 valence electrons. The number of para-hydroxylation sites is 2. The second-order valence-corrected chi connectivity index (χ2v) is 6.12. The molecule has 23 heavy (non-hydrogen) atoms. The SMILES string of the molecule is CN=C(NCC1COc2ccccc2O1)N1CCCC(C)C1.I. The van der Waals surface area contributed by atoms with Crippen molar-refractivity contribution in [2.45, 2.75) is 25.9 Å². The number of guanidine groups is 1. The summed E-state index contributed by atoms with van der Waals surface area (Å²) in [5.74, 6) is 3.34. The van der Waals surface area contributed by atoms with E-state index < -0.39 is 0 Å². The van der Waals surface area contributed by atoms with Gasteiger partial charge in [-0.05, 0) is 30.9 Å². The summed E-state index contributed by atoms with van der Waals surface area (Å²) in [6, 6.07) is 7.81. The van der Waals surface area contributed by atoms with Gasteiger partial charge in [-0.3, -0.25) is 4.99 Å². The predicted molar refractivity (Wildman–Crippen MR) is 103 cm³/mol. The number of hydrogen-bond acceptors (Lipinski definition) is 3. The van der Waals surface area contributed by atoms with Gasteiger partial charge in [0, 0.05) is 20.1 Å². The molecule has 0 radical (unpaired) electrons. The van der Waals surface area contributed by atoms with Crippen LogP contribution in [0.4, 0.5) is 0 Å². The zero-order valence-corrected chi connectivity index (χ0v) is 16.2. The zero-order chi connectivity index (χ0) is 15.4. The van der Waals surface area contributed by atoms with Crippen LogP contribution in [0.5, 0.6) is 11.5 Å². The molecule has 3 rings (SSSR count). The Hall–Kier alpha value is -1.18. The van der Waals surface area contributed by atoms with E-state index in [2.05, 4.69) is 22.1 Å². The summed E-state index contributed by atoms with van der Waals surface area (Å²) >= 11 is 0. The Morgan fingerprint density at radius 1 is 1.35 bits per heavy atom. The number of benzene rings is 1. The molecule has 0 amide bonds. The molecule has 2 aliphatic rings. The van der Waals surface area contributed by atoms with Crippen LogP contribution >= 0.6 is 24.0 Å². The zero-order valence-electron chi connectivity index (χ0n) is 13.8. The van der Waals surface area contributed by atoms with Crippen LogP contribution in [0, 0.1) is 5.92 Å². The first kappa shape index (κ1) is 18.2. The number of ether oxygens (including phenoxy) is 2. The van der Waals surface area contributed by atoms with Crippen LogP contribution in [0.1, 0.15) is 19.8 Å². The van der Waals surface area contributed by atoms with Crippen LogP contribution in [-0.2, 0) is 0 Å². The number of piperidine rings is 1. The predicted octanol–water partition coefficient (Wildman–Crippen LogP) is 2.75. The minimum atomic E-state index is 0. The Labute approximate surface area is 155 Å². The smallest absolute Gasteiger partial charge is 0.193 e. The summed E-state index contributed by atoms with van der Waals surface area (Å²) in [5, 5.41) is 3.43. The summed E-state index contributed by atoms with van der Waals surface area (Å²) < 4.78 is 11.7. The molecule has 1 aromatic carbocycles. The fraction of sp³-hybridized carbons (Fsp3) is 0.588. The standard InChI is InChI=1S/C17H25N3O2.HI/c1-13-6-5-9-20(11-13)17(18-2)19-10-14-12-21-15-7-3-4-8-16(15)22-14;/h3-4,7-8,13-14H,5-6,9-12H2,1-2H3,(H,18,19);1H. The highest BCUT2D eigenvalue weighted by Crippen LogP contribution is 2.30. The van der Waals surface area contributed by atoms with Gasteiger partial charge in [-0.25, -0.2) is 0 Å². The molecule has 1 fully saturated rings. The third-order valence-corrected chi connectivity index (χ3v) is 4.22. The van der Waals surface area contributed by atoms with Crippen LogP contribution in [0.25, 0.3) is 0 Å². The molecule has 0 bridgehead atoms. The molecule has 2 aliphatic heterocycles. The highest BCUT2D eigenvalue weighted by Gasteiger charge is 2.23. The van der Waals surface area contributed by atoms with Crippen LogP contribution in [0.2, 0.25) is 0 Å². The van der Waals surface area contributed by atoms with Crippen molar-refractivity contribution in [1.29, 1.82) is 0 Å². The van der Waals surface area contributed by atoms with Gasteiger partial charge in [0.2, 0.25) is 0 Å². The Kier molecular flexibility index (Phi) is 6.80. The van der Waals surface area contributed by atoms with E-state index in [1.54, 1.807) is 0 Å². The third-order valence-electron chi connectivity index (χ3n) is 4.22. The Balaban J connectivity index is 0.00000192. The molecule has 5 nitrogen and oxygen atoms in total. The minimum Gasteiger partial charge on any atom is -0.486 e. The summed E-state index contributed by atoms with van der Waals surface area (Å²) in [6.45, 7) is 5.72. The molecule has 1 aromatic rings. The second kappa shape index (κ2) is 8.61. The minimum absolute atomic E-state index is 0. The molecule has 2 atom stereocenters. The van der Waals surface area contributed by atoms with E-state index in [0.717, 1.165) is 36.5 Å². The van der Waals surface area contributed by atoms with Crippen molar-refractivity contribution >= 4 is 29.9 Å². The van der Waals surface area contributed by atoms with Crippen LogP contribution in [0.3, 0.4) is 0 Å². The molecule has 0 saturated carbocycles. The maximum Gasteiger partial charge on any atom is 0.193 e. The second-order valence-electron chi connectivity index (χ2n) is 6.12. The fourth-order valence-electron chi connectivity index (χ4n) is 3.08. The largest absolute Gasteiger partial charge is 0.486 e. The molecule has 2 unspecified atom stereocenters. The first-order valence-electron chi connectivity index (χ1n) is 8.10. The number of nitrogens with zero attached hydrogens (tertiary/aromatic N) is 2. The molecule has 0 spiro atoms. The molecule has 1 N–H and O–H groups in total. The first-order chi connectivity index (χ1) is 10.8. The lowest BCUT2D eigenvalue weighted by atomic mass is 10.0. The van der Waals surface area contributed by atoms with Crippen LogP contribution in [-0.4, -0.2) is 50.3 Å². The van der Waals surface area contributed by atoms with Gasteiger partial charge in [0.15, 0.2) is 17.5 Å². The molecule has 1 saturated heterocycles. The van der Waals surface area contributed by atoms with Gasteiger partial charge in [0.25, 0.3) is 0 Å². The lowest BCUT2D eigenvalue weighted by molar-refractivity contribution is 0.0928. The monoisotopic (exact) mass is 431 g/mol. The molecular weight excluding hydrogens is 405 g/mol. The van der Waals surface area contributed by atoms with Gasteiger partial charge in [-0.15, -0.1) is 24.0 Å². The van der Waals surface area contributed by atoms with Gasteiger partial charge < -0.3 is 19.7 Å². The van der Waals surface area contributed by atoms with E-state index in [1.807, 2.05) is 31.3 Å². The summed E-state index contributed by atoms with van der Waals surface area (Å²) in [6.07, 6.45) is 2.55. The third kappa shape index (κ3) is 4.65. The number of rotatable bonds is 2.